The SMILES string of the molecule is CCC(CO)NCCOc1ccccc1. The van der Waals surface area contributed by atoms with E-state index in [9.17, 15) is 0 Å². The molecule has 2 N–H and O–H groups in total. The van der Waals surface area contributed by atoms with E-state index >= 15 is 0 Å². The summed E-state index contributed by atoms with van der Waals surface area (Å²) in [6.45, 7) is 3.61. The van der Waals surface area contributed by atoms with Crippen molar-refractivity contribution in [3.63, 3.8) is 0 Å². The van der Waals surface area contributed by atoms with Crippen molar-refractivity contribution in [3.05, 3.63) is 30.3 Å². The van der Waals surface area contributed by atoms with E-state index in [1.165, 1.54) is 0 Å². The molecular weight excluding hydrogens is 190 g/mol. The highest BCUT2D eigenvalue weighted by molar-refractivity contribution is 5.20. The smallest absolute Gasteiger partial charge is 0.119 e. The Morgan fingerprint density at radius 1 is 1.33 bits per heavy atom. The van der Waals surface area contributed by atoms with Crippen molar-refractivity contribution in [3.8, 4) is 5.75 Å². The van der Waals surface area contributed by atoms with Gasteiger partial charge in [-0.25, -0.2) is 0 Å². The van der Waals surface area contributed by atoms with Gasteiger partial charge in [-0.1, -0.05) is 25.1 Å². The maximum atomic E-state index is 8.94. The second kappa shape index (κ2) is 7.26. The van der Waals surface area contributed by atoms with Gasteiger partial charge in [0.05, 0.1) is 6.61 Å². The predicted molar refractivity (Wildman–Crippen MR) is 61.1 cm³/mol. The van der Waals surface area contributed by atoms with Crippen LogP contribution in [-0.2, 0) is 0 Å². The van der Waals surface area contributed by atoms with Crippen LogP contribution in [-0.4, -0.2) is 30.9 Å². The van der Waals surface area contributed by atoms with Crippen molar-refractivity contribution < 1.29 is 9.84 Å². The number of benzene rings is 1. The third kappa shape index (κ3) is 4.81. The van der Waals surface area contributed by atoms with Crippen LogP contribution >= 0.6 is 0 Å². The number of aliphatic hydroxyl groups excluding tert-OH is 1. The Balaban J connectivity index is 2.12. The predicted octanol–water partition coefficient (Wildman–Crippen LogP) is 1.43. The Kier molecular flexibility index (Phi) is 5.81. The molecule has 1 unspecified atom stereocenters. The number of para-hydroxylation sites is 1. The summed E-state index contributed by atoms with van der Waals surface area (Å²) >= 11 is 0. The molecule has 0 spiro atoms. The fourth-order valence-electron chi connectivity index (χ4n) is 1.29. The molecule has 15 heavy (non-hydrogen) atoms. The highest BCUT2D eigenvalue weighted by atomic mass is 16.5. The first-order chi connectivity index (χ1) is 7.36. The first-order valence-electron chi connectivity index (χ1n) is 5.39. The fraction of sp³-hybridized carbons (Fsp3) is 0.500. The molecule has 1 rings (SSSR count). The van der Waals surface area contributed by atoms with E-state index in [4.69, 9.17) is 9.84 Å². The molecule has 3 nitrogen and oxygen atoms in total. The van der Waals surface area contributed by atoms with Gasteiger partial charge in [0.2, 0.25) is 0 Å². The minimum Gasteiger partial charge on any atom is -0.492 e. The van der Waals surface area contributed by atoms with Crippen molar-refractivity contribution in [1.29, 1.82) is 0 Å². The van der Waals surface area contributed by atoms with Crippen LogP contribution in [0, 0.1) is 0 Å². The molecule has 0 heterocycles. The molecule has 0 aliphatic carbocycles. The van der Waals surface area contributed by atoms with Gasteiger partial charge >= 0.3 is 0 Å². The lowest BCUT2D eigenvalue weighted by molar-refractivity contribution is 0.227. The Morgan fingerprint density at radius 3 is 2.67 bits per heavy atom. The van der Waals surface area contributed by atoms with Crippen LogP contribution in [0.25, 0.3) is 0 Å². The van der Waals surface area contributed by atoms with E-state index in [2.05, 4.69) is 5.32 Å². The van der Waals surface area contributed by atoms with E-state index in [1.807, 2.05) is 37.3 Å². The molecule has 0 saturated heterocycles. The van der Waals surface area contributed by atoms with Crippen LogP contribution in [0.1, 0.15) is 13.3 Å². The molecule has 1 aromatic carbocycles. The minimum absolute atomic E-state index is 0.182. The largest absolute Gasteiger partial charge is 0.492 e. The average molecular weight is 209 g/mol. The summed E-state index contributed by atoms with van der Waals surface area (Å²) in [5.41, 5.74) is 0. The zero-order valence-corrected chi connectivity index (χ0v) is 9.15. The molecule has 0 saturated carbocycles. The molecule has 84 valence electrons. The lowest BCUT2D eigenvalue weighted by Gasteiger charge is -2.14. The van der Waals surface area contributed by atoms with Gasteiger partial charge in [-0.15, -0.1) is 0 Å². The number of hydrogen-bond acceptors (Lipinski definition) is 3. The second-order valence-corrected chi connectivity index (χ2v) is 3.40. The first-order valence-corrected chi connectivity index (χ1v) is 5.39. The zero-order chi connectivity index (χ0) is 10.9. The van der Waals surface area contributed by atoms with Crippen LogP contribution in [0.4, 0.5) is 0 Å². The lowest BCUT2D eigenvalue weighted by atomic mass is 10.2. The van der Waals surface area contributed by atoms with Crippen LogP contribution in [0.15, 0.2) is 30.3 Å². The van der Waals surface area contributed by atoms with Crippen LogP contribution in [0.5, 0.6) is 5.75 Å². The van der Waals surface area contributed by atoms with Crippen LogP contribution in [0.2, 0.25) is 0 Å². The third-order valence-electron chi connectivity index (χ3n) is 2.26. The normalized spacial score (nSPS) is 12.4. The summed E-state index contributed by atoms with van der Waals surface area (Å²) < 4.78 is 5.50. The fourth-order valence-corrected chi connectivity index (χ4v) is 1.29. The van der Waals surface area contributed by atoms with Crippen LogP contribution < -0.4 is 10.1 Å². The molecule has 1 atom stereocenters. The van der Waals surface area contributed by atoms with Crippen LogP contribution in [0.3, 0.4) is 0 Å². The van der Waals surface area contributed by atoms with E-state index < -0.39 is 0 Å². The first kappa shape index (κ1) is 12.0. The summed E-state index contributed by atoms with van der Waals surface area (Å²) in [5.74, 6) is 0.886. The number of ether oxygens (including phenoxy) is 1. The summed E-state index contributed by atoms with van der Waals surface area (Å²) in [5, 5.41) is 12.2. The Morgan fingerprint density at radius 2 is 2.07 bits per heavy atom. The molecule has 0 fully saturated rings. The van der Waals surface area contributed by atoms with Gasteiger partial charge in [-0.2, -0.15) is 0 Å². The Hall–Kier alpha value is -1.06. The summed E-state index contributed by atoms with van der Waals surface area (Å²) in [6, 6.07) is 9.91. The van der Waals surface area contributed by atoms with Gasteiger partial charge < -0.3 is 15.2 Å². The number of nitrogens with one attached hydrogen (secondary N) is 1. The number of rotatable bonds is 7. The van der Waals surface area contributed by atoms with E-state index in [0.29, 0.717) is 6.61 Å². The maximum Gasteiger partial charge on any atom is 0.119 e. The molecule has 0 aromatic heterocycles. The molecule has 0 radical (unpaired) electrons. The minimum atomic E-state index is 0.182. The molecule has 0 amide bonds. The maximum absolute atomic E-state index is 8.94. The summed E-state index contributed by atoms with van der Waals surface area (Å²) in [6.07, 6.45) is 0.932. The summed E-state index contributed by atoms with van der Waals surface area (Å²) in [7, 11) is 0. The van der Waals surface area contributed by atoms with Gasteiger partial charge in [0.25, 0.3) is 0 Å². The van der Waals surface area contributed by atoms with E-state index in [0.717, 1.165) is 18.7 Å². The highest BCUT2D eigenvalue weighted by Crippen LogP contribution is 2.07. The van der Waals surface area contributed by atoms with Crippen molar-refractivity contribution in [2.45, 2.75) is 19.4 Å². The second-order valence-electron chi connectivity index (χ2n) is 3.40. The van der Waals surface area contributed by atoms with Gasteiger partial charge in [0.15, 0.2) is 0 Å². The molecule has 1 aromatic rings. The highest BCUT2D eigenvalue weighted by Gasteiger charge is 2.01. The third-order valence-corrected chi connectivity index (χ3v) is 2.26. The Bertz CT molecular complexity index is 247. The lowest BCUT2D eigenvalue weighted by Crippen LogP contribution is -2.34. The van der Waals surface area contributed by atoms with Gasteiger partial charge in [0.1, 0.15) is 12.4 Å². The molecule has 0 aliphatic rings. The number of aliphatic hydroxyl groups is 1. The van der Waals surface area contributed by atoms with Crippen molar-refractivity contribution in [2.24, 2.45) is 0 Å². The van der Waals surface area contributed by atoms with Crippen molar-refractivity contribution >= 4 is 0 Å². The standard InChI is InChI=1S/C12H19NO2/c1-2-11(10-14)13-8-9-15-12-6-4-3-5-7-12/h3-7,11,13-14H,2,8-10H2,1H3. The molecule has 0 bridgehead atoms. The van der Waals surface area contributed by atoms with E-state index in [-0.39, 0.29) is 12.6 Å². The number of hydrogen-bond donors (Lipinski definition) is 2. The van der Waals surface area contributed by atoms with Gasteiger partial charge in [-0.3, -0.25) is 0 Å². The van der Waals surface area contributed by atoms with Gasteiger partial charge in [-0.05, 0) is 18.6 Å². The average Bonchev–Trinajstić information content (AvgIpc) is 2.31. The quantitative estimate of drug-likeness (QED) is 0.667. The van der Waals surface area contributed by atoms with Crippen molar-refractivity contribution in [1.82, 2.24) is 5.32 Å². The van der Waals surface area contributed by atoms with Gasteiger partial charge in [0, 0.05) is 12.6 Å². The topological polar surface area (TPSA) is 41.5 Å². The zero-order valence-electron chi connectivity index (χ0n) is 9.15. The monoisotopic (exact) mass is 209 g/mol. The molecule has 0 aliphatic heterocycles. The Labute approximate surface area is 91.1 Å². The van der Waals surface area contributed by atoms with E-state index in [1.54, 1.807) is 0 Å². The molecule has 3 heteroatoms. The van der Waals surface area contributed by atoms with Crippen molar-refractivity contribution in [2.75, 3.05) is 19.8 Å². The molecular formula is C12H19NO2. The summed E-state index contributed by atoms with van der Waals surface area (Å²) in [4.78, 5) is 0.